The highest BCUT2D eigenvalue weighted by atomic mass is 32.2. The second kappa shape index (κ2) is 4.79. The van der Waals surface area contributed by atoms with E-state index in [0.29, 0.717) is 12.2 Å². The van der Waals surface area contributed by atoms with E-state index >= 15 is 0 Å². The van der Waals surface area contributed by atoms with Gasteiger partial charge in [-0.05, 0) is 24.1 Å². The van der Waals surface area contributed by atoms with Crippen molar-refractivity contribution in [1.82, 2.24) is 0 Å². The number of nitrogens with one attached hydrogen (secondary N) is 1. The van der Waals surface area contributed by atoms with Crippen LogP contribution in [0.1, 0.15) is 24.8 Å². The molecule has 2 rings (SSSR count). The van der Waals surface area contributed by atoms with Crippen molar-refractivity contribution in [2.45, 2.75) is 24.2 Å². The Hall–Kier alpha value is -1.49. The van der Waals surface area contributed by atoms with Crippen molar-refractivity contribution in [3.63, 3.8) is 0 Å². The van der Waals surface area contributed by atoms with E-state index in [4.69, 9.17) is 5.11 Å². The molecule has 0 radical (unpaired) electrons. The minimum absolute atomic E-state index is 0.0134. The molecule has 1 aromatic rings. The zero-order chi connectivity index (χ0) is 12.4. The molecular formula is C12H13NO3S. The second-order valence-electron chi connectivity index (χ2n) is 3.89. The molecule has 1 aromatic carbocycles. The third-order valence-corrected chi connectivity index (χ3v) is 3.80. The van der Waals surface area contributed by atoms with Gasteiger partial charge in [0.2, 0.25) is 5.91 Å². The van der Waals surface area contributed by atoms with Gasteiger partial charge in [0.05, 0.1) is 17.4 Å². The van der Waals surface area contributed by atoms with Crippen LogP contribution in [0.4, 0.5) is 5.69 Å². The molecule has 17 heavy (non-hydrogen) atoms. The summed E-state index contributed by atoms with van der Waals surface area (Å²) < 4.78 is 0. The first-order valence-corrected chi connectivity index (χ1v) is 6.39. The van der Waals surface area contributed by atoms with Crippen molar-refractivity contribution in [1.29, 1.82) is 0 Å². The van der Waals surface area contributed by atoms with E-state index in [1.807, 2.05) is 13.0 Å². The Morgan fingerprint density at radius 2 is 2.35 bits per heavy atom. The molecule has 0 bridgehead atoms. The Kier molecular flexibility index (Phi) is 3.38. The number of amides is 1. The number of carbonyl (C=O) groups excluding carboxylic acids is 1. The van der Waals surface area contributed by atoms with Gasteiger partial charge in [-0.1, -0.05) is 13.0 Å². The normalized spacial score (nSPS) is 15.9. The molecule has 0 saturated carbocycles. The first-order valence-electron chi connectivity index (χ1n) is 5.41. The summed E-state index contributed by atoms with van der Waals surface area (Å²) in [6, 6.07) is 5.41. The van der Waals surface area contributed by atoms with Gasteiger partial charge in [0, 0.05) is 4.90 Å². The lowest BCUT2D eigenvalue weighted by Gasteiger charge is -2.18. The molecule has 1 unspecified atom stereocenters. The van der Waals surface area contributed by atoms with Gasteiger partial charge in [0.1, 0.15) is 0 Å². The van der Waals surface area contributed by atoms with Gasteiger partial charge in [-0.15, -0.1) is 11.8 Å². The van der Waals surface area contributed by atoms with E-state index in [9.17, 15) is 9.59 Å². The minimum atomic E-state index is -0.808. The number of hydrogen-bond donors (Lipinski definition) is 2. The summed E-state index contributed by atoms with van der Waals surface area (Å²) in [7, 11) is 0. The van der Waals surface area contributed by atoms with Gasteiger partial charge in [0.15, 0.2) is 0 Å². The van der Waals surface area contributed by atoms with Crippen LogP contribution >= 0.6 is 11.8 Å². The molecule has 0 spiro atoms. The Bertz CT molecular complexity index is 473. The van der Waals surface area contributed by atoms with Gasteiger partial charge in [0.25, 0.3) is 0 Å². The Morgan fingerprint density at radius 3 is 3.00 bits per heavy atom. The van der Waals surface area contributed by atoms with Crippen molar-refractivity contribution in [3.8, 4) is 0 Å². The summed E-state index contributed by atoms with van der Waals surface area (Å²) in [5.74, 6) is -0.906. The zero-order valence-corrected chi connectivity index (χ0v) is 10.2. The molecule has 0 fully saturated rings. The van der Waals surface area contributed by atoms with Crippen LogP contribution in [-0.2, 0) is 9.59 Å². The molecule has 1 aliphatic rings. The summed E-state index contributed by atoms with van der Waals surface area (Å²) >= 11 is 1.45. The molecule has 0 saturated heterocycles. The topological polar surface area (TPSA) is 66.4 Å². The number of aliphatic carboxylic acids is 1. The van der Waals surface area contributed by atoms with Gasteiger partial charge < -0.3 is 10.4 Å². The molecule has 1 heterocycles. The number of benzene rings is 1. The Balaban J connectivity index is 2.33. The van der Waals surface area contributed by atoms with Crippen molar-refractivity contribution < 1.29 is 14.7 Å². The van der Waals surface area contributed by atoms with E-state index < -0.39 is 11.9 Å². The largest absolute Gasteiger partial charge is 0.481 e. The number of rotatable bonds is 3. The molecule has 1 amide bonds. The summed E-state index contributed by atoms with van der Waals surface area (Å²) in [4.78, 5) is 23.2. The van der Waals surface area contributed by atoms with Crippen LogP contribution in [0.15, 0.2) is 23.1 Å². The third kappa shape index (κ3) is 2.44. The van der Waals surface area contributed by atoms with E-state index in [2.05, 4.69) is 5.32 Å². The number of carboxylic acid groups (broad SMARTS) is 1. The lowest BCUT2D eigenvalue weighted by atomic mass is 9.96. The zero-order valence-electron chi connectivity index (χ0n) is 9.40. The quantitative estimate of drug-likeness (QED) is 0.865. The van der Waals surface area contributed by atoms with E-state index in [1.165, 1.54) is 11.8 Å². The van der Waals surface area contributed by atoms with Gasteiger partial charge in [-0.3, -0.25) is 9.59 Å². The smallest absolute Gasteiger partial charge is 0.310 e. The second-order valence-corrected chi connectivity index (χ2v) is 4.91. The average molecular weight is 251 g/mol. The maximum absolute atomic E-state index is 11.2. The number of thioether (sulfide) groups is 1. The molecule has 4 nitrogen and oxygen atoms in total. The van der Waals surface area contributed by atoms with Crippen LogP contribution in [0.2, 0.25) is 0 Å². The summed E-state index contributed by atoms with van der Waals surface area (Å²) in [6.45, 7) is 1.85. The first-order chi connectivity index (χ1) is 8.11. The number of hydrogen-bond acceptors (Lipinski definition) is 3. The maximum Gasteiger partial charge on any atom is 0.310 e. The van der Waals surface area contributed by atoms with Crippen LogP contribution < -0.4 is 5.32 Å². The highest BCUT2D eigenvalue weighted by Crippen LogP contribution is 2.34. The fraction of sp³-hybridized carbons (Fsp3) is 0.333. The van der Waals surface area contributed by atoms with Crippen LogP contribution in [0, 0.1) is 0 Å². The maximum atomic E-state index is 11.2. The van der Waals surface area contributed by atoms with Crippen LogP contribution in [0.3, 0.4) is 0 Å². The lowest BCUT2D eigenvalue weighted by molar-refractivity contribution is -0.138. The van der Waals surface area contributed by atoms with Gasteiger partial charge >= 0.3 is 5.97 Å². The Morgan fingerprint density at radius 1 is 1.59 bits per heavy atom. The van der Waals surface area contributed by atoms with Crippen molar-refractivity contribution >= 4 is 29.3 Å². The molecule has 5 heteroatoms. The molecule has 1 atom stereocenters. The number of carboxylic acids is 1. The van der Waals surface area contributed by atoms with Crippen LogP contribution in [0.25, 0.3) is 0 Å². The molecule has 0 aromatic heterocycles. The van der Waals surface area contributed by atoms with Gasteiger partial charge in [-0.25, -0.2) is 0 Å². The van der Waals surface area contributed by atoms with Crippen molar-refractivity contribution in [2.24, 2.45) is 0 Å². The number of fused-ring (bicyclic) bond motifs is 1. The fourth-order valence-corrected chi connectivity index (χ4v) is 2.71. The van der Waals surface area contributed by atoms with Gasteiger partial charge in [-0.2, -0.15) is 0 Å². The molecular weight excluding hydrogens is 238 g/mol. The minimum Gasteiger partial charge on any atom is -0.481 e. The number of carbonyl (C=O) groups is 2. The first kappa shape index (κ1) is 12.0. The third-order valence-electron chi connectivity index (χ3n) is 2.75. The fourth-order valence-electron chi connectivity index (χ4n) is 1.86. The summed E-state index contributed by atoms with van der Waals surface area (Å²) in [6.07, 6.45) is 0.561. The molecule has 90 valence electrons. The van der Waals surface area contributed by atoms with E-state index in [1.54, 1.807) is 12.1 Å². The number of anilines is 1. The molecule has 2 N–H and O–H groups in total. The predicted molar refractivity (Wildman–Crippen MR) is 66.5 cm³/mol. The lowest BCUT2D eigenvalue weighted by Crippen LogP contribution is -2.19. The van der Waals surface area contributed by atoms with Crippen molar-refractivity contribution in [3.05, 3.63) is 23.8 Å². The molecule has 0 aliphatic carbocycles. The summed E-state index contributed by atoms with van der Waals surface area (Å²) in [5, 5.41) is 11.9. The Labute approximate surface area is 103 Å². The summed E-state index contributed by atoms with van der Waals surface area (Å²) in [5.41, 5.74) is 1.57. The monoisotopic (exact) mass is 251 g/mol. The van der Waals surface area contributed by atoms with Crippen LogP contribution in [0.5, 0.6) is 0 Å². The predicted octanol–water partition coefficient (Wildman–Crippen LogP) is 2.31. The highest BCUT2D eigenvalue weighted by Gasteiger charge is 2.21. The van der Waals surface area contributed by atoms with Crippen LogP contribution in [-0.4, -0.2) is 22.7 Å². The molecule has 1 aliphatic heterocycles. The SMILES string of the molecule is CCC(C(=O)O)c1ccc2c(c1)SCC(=O)N2. The highest BCUT2D eigenvalue weighted by molar-refractivity contribution is 8.00. The standard InChI is InChI=1S/C12H13NO3S/c1-2-8(12(15)16)7-3-4-9-10(5-7)17-6-11(14)13-9/h3-5,8H,2,6H2,1H3,(H,13,14)(H,15,16). The van der Waals surface area contributed by atoms with E-state index in [-0.39, 0.29) is 5.91 Å². The van der Waals surface area contributed by atoms with E-state index in [0.717, 1.165) is 16.1 Å². The van der Waals surface area contributed by atoms with Crippen molar-refractivity contribution in [2.75, 3.05) is 11.1 Å². The average Bonchev–Trinajstić information content (AvgIpc) is 2.29.